The molecule has 3 aromatic rings. The summed E-state index contributed by atoms with van der Waals surface area (Å²) in [4.78, 5) is 22.8. The first-order chi connectivity index (χ1) is 13.3. The van der Waals surface area contributed by atoms with Crippen molar-refractivity contribution in [2.24, 2.45) is 0 Å². The highest BCUT2D eigenvalue weighted by Crippen LogP contribution is 2.27. The van der Waals surface area contributed by atoms with Gasteiger partial charge < -0.3 is 10.1 Å². The van der Waals surface area contributed by atoms with Gasteiger partial charge in [0.25, 0.3) is 5.91 Å². The lowest BCUT2D eigenvalue weighted by atomic mass is 10.2. The molecule has 1 amide bonds. The normalized spacial score (nSPS) is 10.5. The van der Waals surface area contributed by atoms with Crippen LogP contribution in [0, 0.1) is 29.8 Å². The number of nitro benzene ring substituents is 1. The summed E-state index contributed by atoms with van der Waals surface area (Å²) in [5.41, 5.74) is 1.77. The molecule has 0 saturated heterocycles. The predicted molar refractivity (Wildman–Crippen MR) is 100 cm³/mol. The molecule has 0 aliphatic rings. The summed E-state index contributed by atoms with van der Waals surface area (Å²) in [5.74, 6) is -0.509. The molecule has 0 atom stereocenters. The van der Waals surface area contributed by atoms with Gasteiger partial charge in [-0.05, 0) is 49.7 Å². The Hall–Kier alpha value is -3.75. The zero-order chi connectivity index (χ0) is 20.3. The molecule has 0 radical (unpaired) electrons. The van der Waals surface area contributed by atoms with E-state index in [0.717, 1.165) is 5.56 Å². The van der Waals surface area contributed by atoms with Crippen LogP contribution in [0.25, 0.3) is 5.69 Å². The van der Waals surface area contributed by atoms with Crippen molar-refractivity contribution in [1.29, 1.82) is 0 Å². The zero-order valence-corrected chi connectivity index (χ0v) is 15.2. The van der Waals surface area contributed by atoms with Crippen molar-refractivity contribution in [1.82, 2.24) is 9.78 Å². The van der Waals surface area contributed by atoms with E-state index < -0.39 is 17.4 Å². The molecule has 3 rings (SSSR count). The number of aryl methyl sites for hydroxylation is 2. The van der Waals surface area contributed by atoms with Crippen LogP contribution in [-0.4, -0.2) is 27.2 Å². The second-order valence-corrected chi connectivity index (χ2v) is 6.12. The van der Waals surface area contributed by atoms with Crippen molar-refractivity contribution in [3.05, 3.63) is 75.7 Å². The van der Waals surface area contributed by atoms with Crippen LogP contribution in [0.4, 0.5) is 15.9 Å². The first kappa shape index (κ1) is 19.0. The Bertz CT molecular complexity index is 1030. The maximum Gasteiger partial charge on any atom is 0.310 e. The van der Waals surface area contributed by atoms with Crippen LogP contribution in [0.3, 0.4) is 0 Å². The fraction of sp³-hybridized carbons (Fsp3) is 0.158. The largest absolute Gasteiger partial charge is 0.477 e. The van der Waals surface area contributed by atoms with E-state index in [1.807, 2.05) is 0 Å². The zero-order valence-electron chi connectivity index (χ0n) is 15.2. The lowest BCUT2D eigenvalue weighted by Crippen LogP contribution is -2.22. The molecule has 0 saturated carbocycles. The van der Waals surface area contributed by atoms with Crippen molar-refractivity contribution in [3.63, 3.8) is 0 Å². The SMILES string of the molecule is Cc1ccc([N+](=O)[O-])c(OCC(=O)Nc2cc(C)nn2-c2ccc(F)cc2)c1. The molecule has 8 nitrogen and oxygen atoms in total. The molecule has 144 valence electrons. The summed E-state index contributed by atoms with van der Waals surface area (Å²) in [6.45, 7) is 3.10. The van der Waals surface area contributed by atoms with Crippen LogP contribution in [0.1, 0.15) is 11.3 Å². The van der Waals surface area contributed by atoms with Gasteiger partial charge in [-0.25, -0.2) is 9.07 Å². The Labute approximate surface area is 159 Å². The molecule has 28 heavy (non-hydrogen) atoms. The summed E-state index contributed by atoms with van der Waals surface area (Å²) in [6.07, 6.45) is 0. The molecular weight excluding hydrogens is 367 g/mol. The minimum Gasteiger partial charge on any atom is -0.477 e. The van der Waals surface area contributed by atoms with E-state index in [-0.39, 0.29) is 17.3 Å². The molecule has 0 aliphatic heterocycles. The third kappa shape index (κ3) is 4.32. The number of carbonyl (C=O) groups excluding carboxylic acids is 1. The molecule has 9 heteroatoms. The van der Waals surface area contributed by atoms with E-state index >= 15 is 0 Å². The second kappa shape index (κ2) is 7.87. The topological polar surface area (TPSA) is 99.3 Å². The van der Waals surface area contributed by atoms with Crippen molar-refractivity contribution < 1.29 is 18.8 Å². The maximum absolute atomic E-state index is 13.1. The number of rotatable bonds is 6. The number of benzene rings is 2. The molecule has 0 unspecified atom stereocenters. The Balaban J connectivity index is 1.74. The highest BCUT2D eigenvalue weighted by molar-refractivity contribution is 5.91. The van der Waals surface area contributed by atoms with Gasteiger partial charge in [0, 0.05) is 12.1 Å². The molecule has 0 fully saturated rings. The van der Waals surface area contributed by atoms with Gasteiger partial charge in [0.2, 0.25) is 0 Å². The van der Waals surface area contributed by atoms with Gasteiger partial charge in [-0.2, -0.15) is 5.10 Å². The molecule has 0 aliphatic carbocycles. The van der Waals surface area contributed by atoms with E-state index in [0.29, 0.717) is 17.2 Å². The summed E-state index contributed by atoms with van der Waals surface area (Å²) in [7, 11) is 0. The summed E-state index contributed by atoms with van der Waals surface area (Å²) >= 11 is 0. The summed E-state index contributed by atoms with van der Waals surface area (Å²) < 4.78 is 19.9. The monoisotopic (exact) mass is 384 g/mol. The highest BCUT2D eigenvalue weighted by atomic mass is 19.1. The van der Waals surface area contributed by atoms with Gasteiger partial charge in [-0.15, -0.1) is 0 Å². The van der Waals surface area contributed by atoms with Gasteiger partial charge in [0.15, 0.2) is 12.4 Å². The number of aromatic nitrogens is 2. The molecule has 0 bridgehead atoms. The van der Waals surface area contributed by atoms with E-state index in [9.17, 15) is 19.3 Å². The maximum atomic E-state index is 13.1. The van der Waals surface area contributed by atoms with Crippen molar-refractivity contribution >= 4 is 17.4 Å². The van der Waals surface area contributed by atoms with Crippen LogP contribution in [0.5, 0.6) is 5.75 Å². The van der Waals surface area contributed by atoms with Crippen LogP contribution >= 0.6 is 0 Å². The molecule has 0 spiro atoms. The fourth-order valence-corrected chi connectivity index (χ4v) is 2.58. The van der Waals surface area contributed by atoms with Crippen LogP contribution < -0.4 is 10.1 Å². The molecule has 2 aromatic carbocycles. The van der Waals surface area contributed by atoms with Gasteiger partial charge in [-0.1, -0.05) is 6.07 Å². The van der Waals surface area contributed by atoms with Gasteiger partial charge in [-0.3, -0.25) is 14.9 Å². The first-order valence-corrected chi connectivity index (χ1v) is 8.34. The third-order valence-corrected chi connectivity index (χ3v) is 3.84. The predicted octanol–water partition coefficient (Wildman–Crippen LogP) is 3.55. The number of ether oxygens (including phenoxy) is 1. The number of anilines is 1. The summed E-state index contributed by atoms with van der Waals surface area (Å²) in [5, 5.41) is 18.0. The number of halogens is 1. The van der Waals surface area contributed by atoms with E-state index in [1.165, 1.54) is 41.1 Å². The second-order valence-electron chi connectivity index (χ2n) is 6.12. The number of carbonyl (C=O) groups is 1. The molecule has 1 aromatic heterocycles. The third-order valence-electron chi connectivity index (χ3n) is 3.84. The van der Waals surface area contributed by atoms with E-state index in [4.69, 9.17) is 4.74 Å². The Kier molecular flexibility index (Phi) is 5.35. The number of amides is 1. The van der Waals surface area contributed by atoms with Crippen LogP contribution in [-0.2, 0) is 4.79 Å². The van der Waals surface area contributed by atoms with Crippen molar-refractivity contribution in [2.75, 3.05) is 11.9 Å². The quantitative estimate of drug-likeness (QED) is 0.517. The van der Waals surface area contributed by atoms with E-state index in [1.54, 1.807) is 26.0 Å². The van der Waals surface area contributed by atoms with E-state index in [2.05, 4.69) is 10.4 Å². The first-order valence-electron chi connectivity index (χ1n) is 8.34. The van der Waals surface area contributed by atoms with Gasteiger partial charge in [0.05, 0.1) is 16.3 Å². The highest BCUT2D eigenvalue weighted by Gasteiger charge is 2.17. The Morgan fingerprint density at radius 3 is 2.61 bits per heavy atom. The lowest BCUT2D eigenvalue weighted by Gasteiger charge is -2.10. The van der Waals surface area contributed by atoms with Crippen LogP contribution in [0.15, 0.2) is 48.5 Å². The Morgan fingerprint density at radius 2 is 1.93 bits per heavy atom. The lowest BCUT2D eigenvalue weighted by molar-refractivity contribution is -0.385. The minimum absolute atomic E-state index is 0.0170. The van der Waals surface area contributed by atoms with Crippen molar-refractivity contribution in [3.8, 4) is 11.4 Å². The molecule has 1 N–H and O–H groups in total. The minimum atomic E-state index is -0.570. The average molecular weight is 384 g/mol. The van der Waals surface area contributed by atoms with Crippen LogP contribution in [0.2, 0.25) is 0 Å². The number of hydrogen-bond acceptors (Lipinski definition) is 5. The standard InChI is InChI=1S/C19H17FN4O4/c1-12-3-8-16(24(26)27)17(9-12)28-11-19(25)21-18-10-13(2)22-23(18)15-6-4-14(20)5-7-15/h3-10H,11H2,1-2H3,(H,21,25). The summed E-state index contributed by atoms with van der Waals surface area (Å²) in [6, 6.07) is 11.7. The Morgan fingerprint density at radius 1 is 1.21 bits per heavy atom. The fourth-order valence-electron chi connectivity index (χ4n) is 2.58. The number of nitrogens with one attached hydrogen (secondary N) is 1. The van der Waals surface area contributed by atoms with Gasteiger partial charge in [0.1, 0.15) is 11.6 Å². The smallest absolute Gasteiger partial charge is 0.310 e. The number of nitrogens with zero attached hydrogens (tertiary/aromatic N) is 3. The average Bonchev–Trinajstić information content (AvgIpc) is 3.00. The van der Waals surface area contributed by atoms with Crippen molar-refractivity contribution in [2.45, 2.75) is 13.8 Å². The molecule has 1 heterocycles. The van der Waals surface area contributed by atoms with Gasteiger partial charge >= 0.3 is 5.69 Å². The molecular formula is C19H17FN4O4. The number of nitro groups is 1. The number of hydrogen-bond donors (Lipinski definition) is 1.